The van der Waals surface area contributed by atoms with Crippen molar-refractivity contribution >= 4 is 32.6 Å². The zero-order chi connectivity index (χ0) is 21.1. The molecule has 3 aromatic rings. The molecule has 0 atom stereocenters. The largest absolute Gasteiger partial charge is 0.497 e. The van der Waals surface area contributed by atoms with Crippen molar-refractivity contribution in [1.82, 2.24) is 19.7 Å². The minimum atomic E-state index is -0.0134. The maximum atomic E-state index is 13.3. The normalized spacial score (nSPS) is 14.9. The molecule has 3 heterocycles. The summed E-state index contributed by atoms with van der Waals surface area (Å²) in [5.41, 5.74) is 2.75. The molecule has 2 aromatic heterocycles. The highest BCUT2D eigenvalue weighted by Gasteiger charge is 2.23. The first-order chi connectivity index (χ1) is 14.5. The highest BCUT2D eigenvalue weighted by molar-refractivity contribution is 7.22. The molecule has 1 aliphatic rings. The number of carbonyl (C=O) groups excluding carboxylic acids is 1. The van der Waals surface area contributed by atoms with Crippen molar-refractivity contribution in [3.8, 4) is 5.75 Å². The number of ether oxygens (including phenoxy) is 2. The van der Waals surface area contributed by atoms with E-state index in [0.29, 0.717) is 11.7 Å². The van der Waals surface area contributed by atoms with E-state index in [4.69, 9.17) is 14.5 Å². The van der Waals surface area contributed by atoms with Crippen LogP contribution in [-0.4, -0.2) is 72.1 Å². The molecule has 4 rings (SSSR count). The van der Waals surface area contributed by atoms with Crippen molar-refractivity contribution < 1.29 is 14.3 Å². The lowest BCUT2D eigenvalue weighted by atomic mass is 10.3. The molecule has 1 aromatic carbocycles. The highest BCUT2D eigenvalue weighted by atomic mass is 32.1. The first-order valence-corrected chi connectivity index (χ1v) is 10.9. The fourth-order valence-corrected chi connectivity index (χ4v) is 4.61. The number of morpholine rings is 1. The Morgan fingerprint density at radius 3 is 2.77 bits per heavy atom. The molecular weight excluding hydrogens is 402 g/mol. The van der Waals surface area contributed by atoms with Gasteiger partial charge in [-0.2, -0.15) is 5.10 Å². The fraction of sp³-hybridized carbons (Fsp3) is 0.476. The van der Waals surface area contributed by atoms with Crippen molar-refractivity contribution in [2.75, 3.05) is 51.4 Å². The van der Waals surface area contributed by atoms with Crippen LogP contribution in [0.3, 0.4) is 0 Å². The smallest absolute Gasteiger partial charge is 0.250 e. The molecule has 0 saturated carbocycles. The van der Waals surface area contributed by atoms with E-state index in [1.165, 1.54) is 11.3 Å². The summed E-state index contributed by atoms with van der Waals surface area (Å²) < 4.78 is 13.5. The average molecular weight is 430 g/mol. The van der Waals surface area contributed by atoms with Crippen LogP contribution in [0.25, 0.3) is 10.2 Å². The second-order valence-corrected chi connectivity index (χ2v) is 8.42. The van der Waals surface area contributed by atoms with Gasteiger partial charge < -0.3 is 9.47 Å². The van der Waals surface area contributed by atoms with Gasteiger partial charge in [0.15, 0.2) is 5.13 Å². The Kier molecular flexibility index (Phi) is 6.31. The number of nitrogens with zero attached hydrogens (tertiary/aromatic N) is 5. The summed E-state index contributed by atoms with van der Waals surface area (Å²) in [6, 6.07) is 7.76. The van der Waals surface area contributed by atoms with Crippen molar-refractivity contribution in [3.63, 3.8) is 0 Å². The van der Waals surface area contributed by atoms with Gasteiger partial charge in [-0.05, 0) is 38.1 Å². The van der Waals surface area contributed by atoms with Crippen LogP contribution in [0.2, 0.25) is 0 Å². The lowest BCUT2D eigenvalue weighted by molar-refractivity contribution is -0.119. The maximum absolute atomic E-state index is 13.3. The molecule has 0 bridgehead atoms. The Balaban J connectivity index is 1.58. The molecule has 1 aliphatic heterocycles. The van der Waals surface area contributed by atoms with E-state index in [9.17, 15) is 4.79 Å². The molecule has 1 saturated heterocycles. The second kappa shape index (κ2) is 9.11. The van der Waals surface area contributed by atoms with E-state index in [1.807, 2.05) is 38.1 Å². The number of hydrogen-bond donors (Lipinski definition) is 0. The molecule has 30 heavy (non-hydrogen) atoms. The van der Waals surface area contributed by atoms with Crippen LogP contribution in [0, 0.1) is 13.8 Å². The number of thiazole rings is 1. The summed E-state index contributed by atoms with van der Waals surface area (Å²) >= 11 is 1.51. The van der Waals surface area contributed by atoms with Gasteiger partial charge in [0, 0.05) is 31.9 Å². The van der Waals surface area contributed by atoms with Gasteiger partial charge >= 0.3 is 0 Å². The number of aryl methyl sites for hydroxylation is 2. The molecule has 0 aliphatic carbocycles. The molecule has 1 fully saturated rings. The third-order valence-corrected chi connectivity index (χ3v) is 6.29. The number of rotatable bonds is 7. The van der Waals surface area contributed by atoms with Gasteiger partial charge in [-0.25, -0.2) is 4.98 Å². The number of carbonyl (C=O) groups is 1. The maximum Gasteiger partial charge on any atom is 0.250 e. The number of hydrogen-bond acceptors (Lipinski definition) is 7. The van der Waals surface area contributed by atoms with E-state index < -0.39 is 0 Å². The monoisotopic (exact) mass is 429 g/mol. The molecule has 0 N–H and O–H groups in total. The van der Waals surface area contributed by atoms with E-state index in [2.05, 4.69) is 10.00 Å². The van der Waals surface area contributed by atoms with Crippen LogP contribution < -0.4 is 9.64 Å². The lowest BCUT2D eigenvalue weighted by Crippen LogP contribution is -2.44. The molecule has 0 unspecified atom stereocenters. The summed E-state index contributed by atoms with van der Waals surface area (Å²) in [6.07, 6.45) is 0. The van der Waals surface area contributed by atoms with Gasteiger partial charge in [-0.3, -0.25) is 19.3 Å². The van der Waals surface area contributed by atoms with Crippen LogP contribution in [0.15, 0.2) is 24.3 Å². The van der Waals surface area contributed by atoms with Gasteiger partial charge in [0.1, 0.15) is 12.3 Å². The quantitative estimate of drug-likeness (QED) is 0.575. The van der Waals surface area contributed by atoms with E-state index >= 15 is 0 Å². The summed E-state index contributed by atoms with van der Waals surface area (Å²) in [5, 5.41) is 5.16. The minimum absolute atomic E-state index is 0.0134. The predicted octanol–water partition coefficient (Wildman–Crippen LogP) is 2.48. The SMILES string of the molecule is COc1ccc2nc(N(CCN3CCOCC3)C(=O)Cn3nc(C)cc3C)sc2c1. The number of methoxy groups -OCH3 is 1. The summed E-state index contributed by atoms with van der Waals surface area (Å²) in [4.78, 5) is 22.2. The molecule has 0 radical (unpaired) electrons. The van der Waals surface area contributed by atoms with E-state index in [0.717, 1.165) is 60.2 Å². The van der Waals surface area contributed by atoms with Crippen molar-refractivity contribution in [1.29, 1.82) is 0 Å². The van der Waals surface area contributed by atoms with Crippen molar-refractivity contribution in [2.24, 2.45) is 0 Å². The number of amides is 1. The molecule has 8 nitrogen and oxygen atoms in total. The number of benzene rings is 1. The van der Waals surface area contributed by atoms with Gasteiger partial charge in [0.25, 0.3) is 5.91 Å². The Bertz CT molecular complexity index is 1020. The van der Waals surface area contributed by atoms with Gasteiger partial charge in [-0.1, -0.05) is 11.3 Å². The Morgan fingerprint density at radius 2 is 2.07 bits per heavy atom. The number of fused-ring (bicyclic) bond motifs is 1. The third-order valence-electron chi connectivity index (χ3n) is 5.25. The van der Waals surface area contributed by atoms with Crippen molar-refractivity contribution in [2.45, 2.75) is 20.4 Å². The topological polar surface area (TPSA) is 72.7 Å². The zero-order valence-corrected chi connectivity index (χ0v) is 18.4. The number of aromatic nitrogens is 3. The van der Waals surface area contributed by atoms with Crippen LogP contribution in [-0.2, 0) is 16.1 Å². The Morgan fingerprint density at radius 1 is 1.27 bits per heavy atom. The number of anilines is 1. The van der Waals surface area contributed by atoms with Gasteiger partial charge in [0.2, 0.25) is 0 Å². The molecule has 1 amide bonds. The van der Waals surface area contributed by atoms with Gasteiger partial charge in [-0.15, -0.1) is 0 Å². The van der Waals surface area contributed by atoms with Crippen LogP contribution in [0.4, 0.5) is 5.13 Å². The summed E-state index contributed by atoms with van der Waals surface area (Å²) in [7, 11) is 1.65. The Hall–Kier alpha value is -2.49. The summed E-state index contributed by atoms with van der Waals surface area (Å²) in [5.74, 6) is 0.770. The third kappa shape index (κ3) is 4.63. The average Bonchev–Trinajstić information content (AvgIpc) is 3.30. The Labute approximate surface area is 180 Å². The highest BCUT2D eigenvalue weighted by Crippen LogP contribution is 2.31. The minimum Gasteiger partial charge on any atom is -0.497 e. The van der Waals surface area contributed by atoms with E-state index in [1.54, 1.807) is 16.7 Å². The van der Waals surface area contributed by atoms with Crippen LogP contribution in [0.1, 0.15) is 11.4 Å². The first kappa shape index (κ1) is 20.8. The first-order valence-electron chi connectivity index (χ1n) is 10.1. The molecule has 0 spiro atoms. The zero-order valence-electron chi connectivity index (χ0n) is 17.6. The molecular formula is C21H27N5O3S. The van der Waals surface area contributed by atoms with Gasteiger partial charge in [0.05, 0.1) is 36.2 Å². The molecule has 9 heteroatoms. The van der Waals surface area contributed by atoms with Crippen molar-refractivity contribution in [3.05, 3.63) is 35.7 Å². The second-order valence-electron chi connectivity index (χ2n) is 7.41. The predicted molar refractivity (Wildman–Crippen MR) is 117 cm³/mol. The van der Waals surface area contributed by atoms with E-state index in [-0.39, 0.29) is 12.5 Å². The fourth-order valence-electron chi connectivity index (χ4n) is 3.58. The summed E-state index contributed by atoms with van der Waals surface area (Å²) in [6.45, 7) is 8.71. The van der Waals surface area contributed by atoms with Crippen LogP contribution in [0.5, 0.6) is 5.75 Å². The lowest BCUT2D eigenvalue weighted by Gasteiger charge is -2.29. The standard InChI is InChI=1S/C21H27N5O3S/c1-15-12-16(2)26(23-15)14-20(27)25(7-6-24-8-10-29-11-9-24)21-22-18-5-4-17(28-3)13-19(18)30-21/h4-5,12-13H,6-11,14H2,1-3H3. The molecule has 160 valence electrons. The van der Waals surface area contributed by atoms with Crippen LogP contribution >= 0.6 is 11.3 Å².